The van der Waals surface area contributed by atoms with E-state index in [4.69, 9.17) is 5.73 Å². The minimum atomic E-state index is 0.123. The molecular formula is C10H24N2S. The normalized spacial score (nSPS) is 15.0. The molecule has 1 atom stereocenters. The van der Waals surface area contributed by atoms with Gasteiger partial charge in [0, 0.05) is 18.1 Å². The van der Waals surface area contributed by atoms with Gasteiger partial charge in [0.1, 0.15) is 0 Å². The van der Waals surface area contributed by atoms with E-state index in [1.807, 2.05) is 11.8 Å². The molecule has 0 aliphatic carbocycles. The summed E-state index contributed by atoms with van der Waals surface area (Å²) in [6, 6.07) is 0.617. The third kappa shape index (κ3) is 4.34. The zero-order valence-electron chi connectivity index (χ0n) is 9.63. The van der Waals surface area contributed by atoms with Crippen LogP contribution in [0.25, 0.3) is 0 Å². The van der Waals surface area contributed by atoms with E-state index < -0.39 is 0 Å². The molecule has 0 saturated carbocycles. The third-order valence-corrected chi connectivity index (χ3v) is 3.50. The molecule has 0 aromatic carbocycles. The first-order chi connectivity index (χ1) is 5.95. The van der Waals surface area contributed by atoms with Crippen molar-refractivity contribution in [2.75, 3.05) is 25.6 Å². The standard InChI is InChI=1S/C10H24N2S/c1-9(6-7-13-5)12(4)10(2,3)8-11/h9H,6-8,11H2,1-5H3. The molecule has 0 fully saturated rings. The second kappa shape index (κ2) is 5.89. The summed E-state index contributed by atoms with van der Waals surface area (Å²) in [5.74, 6) is 1.23. The fraction of sp³-hybridized carbons (Fsp3) is 1.00. The molecule has 13 heavy (non-hydrogen) atoms. The highest BCUT2D eigenvalue weighted by molar-refractivity contribution is 7.98. The van der Waals surface area contributed by atoms with E-state index in [-0.39, 0.29) is 5.54 Å². The van der Waals surface area contributed by atoms with Gasteiger partial charge in [-0.3, -0.25) is 4.90 Å². The molecule has 2 N–H and O–H groups in total. The lowest BCUT2D eigenvalue weighted by Crippen LogP contribution is -2.51. The molecule has 0 spiro atoms. The second-order valence-electron chi connectivity index (χ2n) is 4.26. The van der Waals surface area contributed by atoms with Gasteiger partial charge < -0.3 is 5.73 Å². The Bertz CT molecular complexity index is 137. The van der Waals surface area contributed by atoms with Crippen molar-refractivity contribution in [1.82, 2.24) is 4.90 Å². The molecule has 0 aliphatic rings. The number of rotatable bonds is 6. The minimum Gasteiger partial charge on any atom is -0.329 e. The molecule has 0 aliphatic heterocycles. The fourth-order valence-corrected chi connectivity index (χ4v) is 1.80. The molecule has 0 aromatic rings. The largest absolute Gasteiger partial charge is 0.329 e. The Kier molecular flexibility index (Phi) is 6.01. The summed E-state index contributed by atoms with van der Waals surface area (Å²) >= 11 is 1.91. The monoisotopic (exact) mass is 204 g/mol. The van der Waals surface area contributed by atoms with E-state index in [0.29, 0.717) is 12.6 Å². The van der Waals surface area contributed by atoms with Gasteiger partial charge in [-0.05, 0) is 46.2 Å². The maximum absolute atomic E-state index is 5.73. The Morgan fingerprint density at radius 2 is 2.00 bits per heavy atom. The van der Waals surface area contributed by atoms with Crippen LogP contribution in [0.4, 0.5) is 0 Å². The molecule has 0 amide bonds. The van der Waals surface area contributed by atoms with Gasteiger partial charge in [-0.2, -0.15) is 11.8 Å². The number of nitrogens with two attached hydrogens (primary N) is 1. The maximum Gasteiger partial charge on any atom is 0.0275 e. The third-order valence-electron chi connectivity index (χ3n) is 2.86. The number of hydrogen-bond donors (Lipinski definition) is 1. The summed E-state index contributed by atoms with van der Waals surface area (Å²) < 4.78 is 0. The lowest BCUT2D eigenvalue weighted by Gasteiger charge is -2.39. The van der Waals surface area contributed by atoms with Crippen LogP contribution in [0.15, 0.2) is 0 Å². The maximum atomic E-state index is 5.73. The van der Waals surface area contributed by atoms with E-state index in [0.717, 1.165) is 0 Å². The highest BCUT2D eigenvalue weighted by Gasteiger charge is 2.25. The van der Waals surface area contributed by atoms with Gasteiger partial charge in [0.25, 0.3) is 0 Å². The van der Waals surface area contributed by atoms with Gasteiger partial charge in [-0.25, -0.2) is 0 Å². The Balaban J connectivity index is 4.00. The molecule has 0 radical (unpaired) electrons. The Hall–Kier alpha value is 0.270. The van der Waals surface area contributed by atoms with Crippen LogP contribution < -0.4 is 5.73 Å². The summed E-state index contributed by atoms with van der Waals surface area (Å²) in [6.07, 6.45) is 3.39. The molecule has 0 heterocycles. The van der Waals surface area contributed by atoms with Crippen molar-refractivity contribution >= 4 is 11.8 Å². The predicted octanol–water partition coefficient (Wildman–Crippen LogP) is 1.80. The average Bonchev–Trinajstić information content (AvgIpc) is 2.12. The first-order valence-corrected chi connectivity index (χ1v) is 6.27. The summed E-state index contributed by atoms with van der Waals surface area (Å²) in [5, 5.41) is 0. The van der Waals surface area contributed by atoms with Crippen LogP contribution in [0, 0.1) is 0 Å². The summed E-state index contributed by atoms with van der Waals surface area (Å²) in [6.45, 7) is 7.38. The van der Waals surface area contributed by atoms with Crippen LogP contribution in [0.1, 0.15) is 27.2 Å². The van der Waals surface area contributed by atoms with Crippen molar-refractivity contribution in [1.29, 1.82) is 0 Å². The lowest BCUT2D eigenvalue weighted by molar-refractivity contribution is 0.115. The van der Waals surface area contributed by atoms with Crippen LogP contribution in [0.5, 0.6) is 0 Å². The Morgan fingerprint density at radius 1 is 1.46 bits per heavy atom. The highest BCUT2D eigenvalue weighted by Crippen LogP contribution is 2.16. The molecule has 0 aromatic heterocycles. The van der Waals surface area contributed by atoms with E-state index in [1.54, 1.807) is 0 Å². The fourth-order valence-electron chi connectivity index (χ4n) is 1.22. The number of thioether (sulfide) groups is 1. The van der Waals surface area contributed by atoms with Crippen LogP contribution in [-0.2, 0) is 0 Å². The average molecular weight is 204 g/mol. The summed E-state index contributed by atoms with van der Waals surface area (Å²) in [5.41, 5.74) is 5.85. The molecule has 80 valence electrons. The van der Waals surface area contributed by atoms with Crippen LogP contribution in [0.3, 0.4) is 0 Å². The van der Waals surface area contributed by atoms with E-state index in [1.165, 1.54) is 12.2 Å². The number of hydrogen-bond acceptors (Lipinski definition) is 3. The van der Waals surface area contributed by atoms with Crippen LogP contribution in [0.2, 0.25) is 0 Å². The molecule has 1 unspecified atom stereocenters. The topological polar surface area (TPSA) is 29.3 Å². The molecular weight excluding hydrogens is 180 g/mol. The van der Waals surface area contributed by atoms with E-state index in [9.17, 15) is 0 Å². The first-order valence-electron chi connectivity index (χ1n) is 4.87. The van der Waals surface area contributed by atoms with E-state index in [2.05, 4.69) is 39.0 Å². The summed E-state index contributed by atoms with van der Waals surface area (Å²) in [7, 11) is 2.16. The molecule has 0 rings (SSSR count). The van der Waals surface area contributed by atoms with Crippen molar-refractivity contribution in [2.45, 2.75) is 38.8 Å². The Labute approximate surface area is 87.2 Å². The molecule has 0 bridgehead atoms. The van der Waals surface area contributed by atoms with Gasteiger partial charge in [0.15, 0.2) is 0 Å². The molecule has 3 heteroatoms. The van der Waals surface area contributed by atoms with Gasteiger partial charge in [-0.1, -0.05) is 0 Å². The van der Waals surface area contributed by atoms with E-state index >= 15 is 0 Å². The molecule has 0 saturated heterocycles. The van der Waals surface area contributed by atoms with Crippen molar-refractivity contribution in [3.63, 3.8) is 0 Å². The van der Waals surface area contributed by atoms with Crippen LogP contribution >= 0.6 is 11.8 Å². The van der Waals surface area contributed by atoms with Gasteiger partial charge in [-0.15, -0.1) is 0 Å². The lowest BCUT2D eigenvalue weighted by atomic mass is 10.0. The highest BCUT2D eigenvalue weighted by atomic mass is 32.2. The van der Waals surface area contributed by atoms with Crippen molar-refractivity contribution in [2.24, 2.45) is 5.73 Å². The van der Waals surface area contributed by atoms with Crippen molar-refractivity contribution in [3.05, 3.63) is 0 Å². The zero-order valence-corrected chi connectivity index (χ0v) is 10.4. The van der Waals surface area contributed by atoms with Gasteiger partial charge >= 0.3 is 0 Å². The number of nitrogens with zero attached hydrogens (tertiary/aromatic N) is 1. The minimum absolute atomic E-state index is 0.123. The quantitative estimate of drug-likeness (QED) is 0.715. The SMILES string of the molecule is CSCCC(C)N(C)C(C)(C)CN. The van der Waals surface area contributed by atoms with Crippen LogP contribution in [-0.4, -0.2) is 42.1 Å². The van der Waals surface area contributed by atoms with Gasteiger partial charge in [0.2, 0.25) is 0 Å². The smallest absolute Gasteiger partial charge is 0.0275 e. The van der Waals surface area contributed by atoms with Crippen molar-refractivity contribution < 1.29 is 0 Å². The Morgan fingerprint density at radius 3 is 2.38 bits per heavy atom. The first kappa shape index (κ1) is 13.3. The summed E-state index contributed by atoms with van der Waals surface area (Å²) in [4.78, 5) is 2.38. The van der Waals surface area contributed by atoms with Crippen molar-refractivity contribution in [3.8, 4) is 0 Å². The number of likely N-dealkylation sites (N-methyl/N-ethyl adjacent to an activating group) is 1. The predicted molar refractivity (Wildman–Crippen MR) is 63.4 cm³/mol. The molecule has 2 nitrogen and oxygen atoms in total. The van der Waals surface area contributed by atoms with Gasteiger partial charge in [0.05, 0.1) is 0 Å². The zero-order chi connectivity index (χ0) is 10.5. The second-order valence-corrected chi connectivity index (χ2v) is 5.24.